The van der Waals surface area contributed by atoms with Crippen LogP contribution in [-0.2, 0) is 9.59 Å². The molecule has 1 aliphatic carbocycles. The molecule has 0 aromatic heterocycles. The van der Waals surface area contributed by atoms with E-state index in [0.29, 0.717) is 6.42 Å². The normalized spacial score (nSPS) is 32.3. The highest BCUT2D eigenvalue weighted by molar-refractivity contribution is 5.86. The molecule has 0 bridgehead atoms. The molecule has 0 aromatic rings. The summed E-state index contributed by atoms with van der Waals surface area (Å²) in [6.07, 6.45) is 3.34. The third-order valence-electron chi connectivity index (χ3n) is 3.08. The van der Waals surface area contributed by atoms with Crippen molar-refractivity contribution in [1.82, 2.24) is 5.32 Å². The molecule has 1 rings (SSSR count). The van der Waals surface area contributed by atoms with Gasteiger partial charge in [-0.05, 0) is 18.8 Å². The zero-order valence-corrected chi connectivity index (χ0v) is 8.67. The van der Waals surface area contributed by atoms with Gasteiger partial charge in [0.2, 0.25) is 5.91 Å². The molecular weight excluding hydrogens is 182 g/mol. The molecule has 2 unspecified atom stereocenters. The highest BCUT2D eigenvalue weighted by Crippen LogP contribution is 2.33. The lowest BCUT2D eigenvalue weighted by atomic mass is 9.73. The first-order chi connectivity index (χ1) is 6.49. The molecule has 0 radical (unpaired) electrons. The number of rotatable bonds is 2. The molecule has 1 fully saturated rings. The molecule has 0 spiro atoms. The van der Waals surface area contributed by atoms with E-state index in [1.54, 1.807) is 0 Å². The second-order valence-electron chi connectivity index (χ2n) is 4.10. The summed E-state index contributed by atoms with van der Waals surface area (Å²) in [4.78, 5) is 22.2. The van der Waals surface area contributed by atoms with Crippen LogP contribution in [0.15, 0.2) is 0 Å². The Bertz CT molecular complexity index is 252. The fourth-order valence-electron chi connectivity index (χ4n) is 2.22. The Morgan fingerprint density at radius 3 is 2.50 bits per heavy atom. The van der Waals surface area contributed by atoms with Crippen LogP contribution in [0.1, 0.15) is 39.5 Å². The second kappa shape index (κ2) is 3.98. The largest absolute Gasteiger partial charge is 0.479 e. The Labute approximate surface area is 83.7 Å². The third kappa shape index (κ3) is 1.89. The van der Waals surface area contributed by atoms with Gasteiger partial charge in [-0.1, -0.05) is 19.8 Å². The Morgan fingerprint density at radius 2 is 2.07 bits per heavy atom. The van der Waals surface area contributed by atoms with Gasteiger partial charge in [0.1, 0.15) is 5.54 Å². The minimum absolute atomic E-state index is 0.0117. The van der Waals surface area contributed by atoms with Crippen LogP contribution in [0.3, 0.4) is 0 Å². The summed E-state index contributed by atoms with van der Waals surface area (Å²) in [5, 5.41) is 11.8. The van der Waals surface area contributed by atoms with Gasteiger partial charge in [0.25, 0.3) is 0 Å². The van der Waals surface area contributed by atoms with E-state index in [0.717, 1.165) is 19.3 Å². The monoisotopic (exact) mass is 199 g/mol. The number of aliphatic carboxylic acids is 1. The van der Waals surface area contributed by atoms with E-state index in [1.807, 2.05) is 6.92 Å². The van der Waals surface area contributed by atoms with Crippen molar-refractivity contribution in [3.05, 3.63) is 0 Å². The van der Waals surface area contributed by atoms with Crippen LogP contribution >= 0.6 is 0 Å². The van der Waals surface area contributed by atoms with Crippen molar-refractivity contribution in [2.75, 3.05) is 0 Å². The number of carbonyl (C=O) groups excluding carboxylic acids is 1. The van der Waals surface area contributed by atoms with Crippen LogP contribution in [0.2, 0.25) is 0 Å². The number of nitrogens with one attached hydrogen (secondary N) is 1. The second-order valence-corrected chi connectivity index (χ2v) is 4.10. The maximum atomic E-state index is 11.2. The fraction of sp³-hybridized carbons (Fsp3) is 0.800. The molecule has 80 valence electrons. The molecule has 0 heterocycles. The van der Waals surface area contributed by atoms with Crippen molar-refractivity contribution < 1.29 is 14.7 Å². The molecule has 1 saturated carbocycles. The number of carboxylic acid groups (broad SMARTS) is 1. The van der Waals surface area contributed by atoms with Crippen LogP contribution in [-0.4, -0.2) is 22.5 Å². The molecule has 2 atom stereocenters. The average molecular weight is 199 g/mol. The van der Waals surface area contributed by atoms with Crippen LogP contribution in [0, 0.1) is 5.92 Å². The Kier molecular flexibility index (Phi) is 3.13. The van der Waals surface area contributed by atoms with Gasteiger partial charge in [-0.3, -0.25) is 4.79 Å². The molecule has 14 heavy (non-hydrogen) atoms. The highest BCUT2D eigenvalue weighted by atomic mass is 16.4. The summed E-state index contributed by atoms with van der Waals surface area (Å²) in [5.74, 6) is -1.15. The van der Waals surface area contributed by atoms with Gasteiger partial charge in [-0.15, -0.1) is 0 Å². The van der Waals surface area contributed by atoms with Crippen molar-refractivity contribution in [3.8, 4) is 0 Å². The van der Waals surface area contributed by atoms with E-state index >= 15 is 0 Å². The summed E-state index contributed by atoms with van der Waals surface area (Å²) in [6.45, 7) is 3.26. The van der Waals surface area contributed by atoms with Crippen molar-refractivity contribution in [1.29, 1.82) is 0 Å². The molecule has 0 aromatic carbocycles. The first-order valence-electron chi connectivity index (χ1n) is 5.01. The van der Waals surface area contributed by atoms with E-state index in [4.69, 9.17) is 0 Å². The summed E-state index contributed by atoms with van der Waals surface area (Å²) in [5.41, 5.74) is -1.02. The lowest BCUT2D eigenvalue weighted by Crippen LogP contribution is -2.59. The van der Waals surface area contributed by atoms with Crippen LogP contribution in [0.5, 0.6) is 0 Å². The van der Waals surface area contributed by atoms with Gasteiger partial charge >= 0.3 is 5.97 Å². The van der Waals surface area contributed by atoms with E-state index < -0.39 is 11.5 Å². The first-order valence-corrected chi connectivity index (χ1v) is 5.01. The van der Waals surface area contributed by atoms with Crippen molar-refractivity contribution in [2.45, 2.75) is 45.1 Å². The van der Waals surface area contributed by atoms with Gasteiger partial charge in [0.05, 0.1) is 0 Å². The number of carboxylic acids is 1. The zero-order valence-electron chi connectivity index (χ0n) is 8.67. The molecule has 1 amide bonds. The van der Waals surface area contributed by atoms with E-state index in [1.165, 1.54) is 6.92 Å². The molecule has 0 aliphatic heterocycles. The van der Waals surface area contributed by atoms with Crippen LogP contribution in [0.25, 0.3) is 0 Å². The quantitative estimate of drug-likeness (QED) is 0.701. The number of amides is 1. The Hall–Kier alpha value is -1.06. The molecule has 4 nitrogen and oxygen atoms in total. The Balaban J connectivity index is 2.88. The van der Waals surface area contributed by atoms with Gasteiger partial charge in [-0.2, -0.15) is 0 Å². The SMILES string of the molecule is CC(=O)NC1(C(=O)O)CCCCC1C. The summed E-state index contributed by atoms with van der Waals surface area (Å²) < 4.78 is 0. The number of hydrogen-bond donors (Lipinski definition) is 2. The summed E-state index contributed by atoms with van der Waals surface area (Å²) in [6, 6.07) is 0. The average Bonchev–Trinajstić information content (AvgIpc) is 2.08. The minimum Gasteiger partial charge on any atom is -0.479 e. The van der Waals surface area contributed by atoms with E-state index in [2.05, 4.69) is 5.32 Å². The van der Waals surface area contributed by atoms with Crippen molar-refractivity contribution >= 4 is 11.9 Å². The predicted molar refractivity (Wildman–Crippen MR) is 51.8 cm³/mol. The molecule has 4 heteroatoms. The topological polar surface area (TPSA) is 66.4 Å². The third-order valence-corrected chi connectivity index (χ3v) is 3.08. The number of carbonyl (C=O) groups is 2. The van der Waals surface area contributed by atoms with Crippen LogP contribution in [0.4, 0.5) is 0 Å². The standard InChI is InChI=1S/C10H17NO3/c1-7-5-3-4-6-10(7,9(13)14)11-8(2)12/h7H,3-6H2,1-2H3,(H,11,12)(H,13,14). The summed E-state index contributed by atoms with van der Waals surface area (Å²) in [7, 11) is 0. The number of hydrogen-bond acceptors (Lipinski definition) is 2. The van der Waals surface area contributed by atoms with Gasteiger partial charge in [0, 0.05) is 6.92 Å². The van der Waals surface area contributed by atoms with Gasteiger partial charge in [0.15, 0.2) is 0 Å². The van der Waals surface area contributed by atoms with Crippen molar-refractivity contribution in [2.24, 2.45) is 5.92 Å². The lowest BCUT2D eigenvalue weighted by Gasteiger charge is -2.39. The zero-order chi connectivity index (χ0) is 10.8. The first kappa shape index (κ1) is 11.0. The van der Waals surface area contributed by atoms with Crippen LogP contribution < -0.4 is 5.32 Å². The highest BCUT2D eigenvalue weighted by Gasteiger charge is 2.45. The molecular formula is C10H17NO3. The summed E-state index contributed by atoms with van der Waals surface area (Å²) >= 11 is 0. The fourth-order valence-corrected chi connectivity index (χ4v) is 2.22. The molecule has 0 saturated heterocycles. The minimum atomic E-state index is -1.02. The smallest absolute Gasteiger partial charge is 0.329 e. The maximum absolute atomic E-state index is 11.2. The predicted octanol–water partition coefficient (Wildman–Crippen LogP) is 1.16. The molecule has 1 aliphatic rings. The van der Waals surface area contributed by atoms with Gasteiger partial charge < -0.3 is 10.4 Å². The molecule has 2 N–H and O–H groups in total. The van der Waals surface area contributed by atoms with E-state index in [9.17, 15) is 14.7 Å². The lowest BCUT2D eigenvalue weighted by molar-refractivity contribution is -0.151. The Morgan fingerprint density at radius 1 is 1.43 bits per heavy atom. The maximum Gasteiger partial charge on any atom is 0.329 e. The van der Waals surface area contributed by atoms with Crippen molar-refractivity contribution in [3.63, 3.8) is 0 Å². The van der Waals surface area contributed by atoms with Gasteiger partial charge in [-0.25, -0.2) is 4.79 Å². The van der Waals surface area contributed by atoms with E-state index in [-0.39, 0.29) is 11.8 Å².